The zero-order chi connectivity index (χ0) is 38.4. The van der Waals surface area contributed by atoms with Gasteiger partial charge < -0.3 is 35.4 Å². The van der Waals surface area contributed by atoms with Crippen molar-refractivity contribution in [2.24, 2.45) is 5.92 Å². The van der Waals surface area contributed by atoms with E-state index in [1.165, 1.54) is 14.7 Å². The maximum absolute atomic E-state index is 14.5. The summed E-state index contributed by atoms with van der Waals surface area (Å²) in [6.45, 7) is 3.80. The van der Waals surface area contributed by atoms with Gasteiger partial charge in [0, 0.05) is 26.1 Å². The molecule has 3 N–H and O–H groups in total. The molecule has 0 aromatic heterocycles. The number of cyclic esters (lactones) is 1. The van der Waals surface area contributed by atoms with Crippen molar-refractivity contribution in [1.82, 2.24) is 30.7 Å². The minimum absolute atomic E-state index is 0.0273. The third-order valence-electron chi connectivity index (χ3n) is 10.9. The minimum atomic E-state index is -1.40. The molecule has 2 aromatic carbocycles. The average molecular weight is 743 g/mol. The van der Waals surface area contributed by atoms with Gasteiger partial charge in [-0.25, -0.2) is 4.79 Å². The maximum Gasteiger partial charge on any atom is 0.328 e. The molecule has 6 atom stereocenters. The average Bonchev–Trinajstić information content (AvgIpc) is 3.83. The monoisotopic (exact) mass is 742 g/mol. The van der Waals surface area contributed by atoms with Crippen molar-refractivity contribution in [3.63, 3.8) is 0 Å². The van der Waals surface area contributed by atoms with E-state index in [0.717, 1.165) is 23.1 Å². The van der Waals surface area contributed by atoms with E-state index in [1.54, 1.807) is 0 Å². The lowest BCUT2D eigenvalue weighted by molar-refractivity contribution is -0.157. The maximum atomic E-state index is 14.5. The van der Waals surface area contributed by atoms with Crippen LogP contribution in [0.15, 0.2) is 54.6 Å². The molecule has 6 rings (SSSR count). The first kappa shape index (κ1) is 38.5. The third-order valence-corrected chi connectivity index (χ3v) is 10.9. The SMILES string of the molecule is Cc1ccc(CC(=O)N[C@@H](Cc2ccccc2)C(=O)N[C@H]2COC(=O)[C@@H]3C[C@@H](C)CN3C(=O)CNC(=O)[C@@H]3CCCCN3C(=O)[C@@H]3CCCN3C2=O)cc1. The summed E-state index contributed by atoms with van der Waals surface area (Å²) in [4.78, 5) is 101. The number of hydrogen-bond donors (Lipinski definition) is 3. The van der Waals surface area contributed by atoms with Gasteiger partial charge in [0.05, 0.1) is 13.0 Å². The first-order valence-electron chi connectivity index (χ1n) is 19.0. The predicted molar refractivity (Wildman–Crippen MR) is 196 cm³/mol. The number of fused-ring (bicyclic) bond motifs is 3. The number of rotatable bonds is 7. The topological polar surface area (TPSA) is 175 Å². The predicted octanol–water partition coefficient (Wildman–Crippen LogP) is 1.03. The number of amides is 6. The van der Waals surface area contributed by atoms with Crippen molar-refractivity contribution in [2.45, 2.75) is 95.4 Å². The highest BCUT2D eigenvalue weighted by molar-refractivity contribution is 5.97. The van der Waals surface area contributed by atoms with Crippen molar-refractivity contribution < 1.29 is 38.3 Å². The Kier molecular flexibility index (Phi) is 12.3. The van der Waals surface area contributed by atoms with Gasteiger partial charge in [0.1, 0.15) is 36.8 Å². The van der Waals surface area contributed by atoms with Crippen LogP contribution < -0.4 is 16.0 Å². The fourth-order valence-corrected chi connectivity index (χ4v) is 7.98. The highest BCUT2D eigenvalue weighted by atomic mass is 16.5. The van der Waals surface area contributed by atoms with Crippen LogP contribution >= 0.6 is 0 Å². The Morgan fingerprint density at radius 2 is 1.54 bits per heavy atom. The summed E-state index contributed by atoms with van der Waals surface area (Å²) in [5, 5.41) is 8.30. The van der Waals surface area contributed by atoms with Crippen molar-refractivity contribution in [3.8, 4) is 0 Å². The van der Waals surface area contributed by atoms with E-state index in [1.807, 2.05) is 68.4 Å². The second kappa shape index (κ2) is 17.3. The quantitative estimate of drug-likeness (QED) is 0.353. The molecule has 14 heteroatoms. The summed E-state index contributed by atoms with van der Waals surface area (Å²) in [7, 11) is 0. The van der Waals surface area contributed by atoms with Crippen LogP contribution in [0, 0.1) is 12.8 Å². The number of piperidine rings is 1. The third kappa shape index (κ3) is 9.08. The second-order valence-corrected chi connectivity index (χ2v) is 15.0. The molecule has 0 spiro atoms. The molecule has 2 aromatic rings. The van der Waals surface area contributed by atoms with Gasteiger partial charge in [-0.1, -0.05) is 67.1 Å². The summed E-state index contributed by atoms with van der Waals surface area (Å²) in [5.74, 6) is -3.72. The number of carbonyl (C=O) groups excluding carboxylic acids is 7. The number of esters is 1. The molecular weight excluding hydrogens is 692 g/mol. The number of ether oxygens (including phenoxy) is 1. The van der Waals surface area contributed by atoms with Crippen molar-refractivity contribution in [2.75, 3.05) is 32.8 Å². The number of nitrogens with one attached hydrogen (secondary N) is 3. The summed E-state index contributed by atoms with van der Waals surface area (Å²) in [6.07, 6.45) is 3.18. The Bertz CT molecular complexity index is 1740. The Morgan fingerprint density at radius 3 is 2.30 bits per heavy atom. The molecule has 4 fully saturated rings. The van der Waals surface area contributed by atoms with Gasteiger partial charge >= 0.3 is 5.97 Å². The van der Waals surface area contributed by atoms with Crippen molar-refractivity contribution in [3.05, 3.63) is 71.3 Å². The van der Waals surface area contributed by atoms with Crippen LogP contribution in [0.25, 0.3) is 0 Å². The van der Waals surface area contributed by atoms with E-state index in [9.17, 15) is 33.6 Å². The van der Waals surface area contributed by atoms with Gasteiger partial charge in [-0.15, -0.1) is 0 Å². The fourth-order valence-electron chi connectivity index (χ4n) is 7.98. The fraction of sp³-hybridized carbons (Fsp3) is 0.525. The molecule has 4 aliphatic heterocycles. The summed E-state index contributed by atoms with van der Waals surface area (Å²) < 4.78 is 5.72. The van der Waals surface area contributed by atoms with Crippen LogP contribution in [-0.4, -0.2) is 119 Å². The van der Waals surface area contributed by atoms with Crippen LogP contribution in [0.1, 0.15) is 62.1 Å². The molecule has 0 radical (unpaired) electrons. The molecule has 288 valence electrons. The summed E-state index contributed by atoms with van der Waals surface area (Å²) in [6, 6.07) is 11.5. The zero-order valence-corrected chi connectivity index (χ0v) is 31.0. The van der Waals surface area contributed by atoms with Crippen LogP contribution in [-0.2, 0) is 51.1 Å². The zero-order valence-electron chi connectivity index (χ0n) is 31.0. The molecule has 4 saturated heterocycles. The van der Waals surface area contributed by atoms with Gasteiger partial charge in [0.2, 0.25) is 35.4 Å². The molecule has 6 amide bonds. The van der Waals surface area contributed by atoms with Crippen LogP contribution in [0.2, 0.25) is 0 Å². The van der Waals surface area contributed by atoms with E-state index < -0.39 is 72.3 Å². The lowest BCUT2D eigenvalue weighted by Gasteiger charge is -2.38. The van der Waals surface area contributed by atoms with Crippen molar-refractivity contribution in [1.29, 1.82) is 0 Å². The summed E-state index contributed by atoms with van der Waals surface area (Å²) in [5.41, 5.74) is 2.59. The van der Waals surface area contributed by atoms with Gasteiger partial charge in [-0.05, 0) is 62.5 Å². The number of aryl methyl sites for hydroxylation is 1. The van der Waals surface area contributed by atoms with Gasteiger partial charge in [-0.2, -0.15) is 0 Å². The number of nitrogens with zero attached hydrogens (tertiary/aromatic N) is 3. The van der Waals surface area contributed by atoms with E-state index in [4.69, 9.17) is 4.74 Å². The summed E-state index contributed by atoms with van der Waals surface area (Å²) >= 11 is 0. The molecule has 4 aliphatic rings. The second-order valence-electron chi connectivity index (χ2n) is 15.0. The normalized spacial score (nSPS) is 25.9. The Labute approximate surface area is 315 Å². The van der Waals surface area contributed by atoms with E-state index in [0.29, 0.717) is 38.6 Å². The Balaban J connectivity index is 1.28. The first-order chi connectivity index (χ1) is 26.0. The lowest BCUT2D eigenvalue weighted by atomic mass is 9.99. The van der Waals surface area contributed by atoms with Crippen LogP contribution in [0.4, 0.5) is 0 Å². The van der Waals surface area contributed by atoms with Gasteiger partial charge in [-0.3, -0.25) is 28.8 Å². The molecule has 0 aliphatic carbocycles. The molecule has 0 unspecified atom stereocenters. The van der Waals surface area contributed by atoms with E-state index >= 15 is 0 Å². The Hall–Kier alpha value is -5.27. The van der Waals surface area contributed by atoms with Gasteiger partial charge in [0.25, 0.3) is 0 Å². The smallest absolute Gasteiger partial charge is 0.328 e. The van der Waals surface area contributed by atoms with Crippen LogP contribution in [0.3, 0.4) is 0 Å². The van der Waals surface area contributed by atoms with Gasteiger partial charge in [0.15, 0.2) is 0 Å². The largest absolute Gasteiger partial charge is 0.461 e. The van der Waals surface area contributed by atoms with E-state index in [-0.39, 0.29) is 44.3 Å². The lowest BCUT2D eigenvalue weighted by Crippen LogP contribution is -2.61. The molecular formula is C40H50N6O8. The molecule has 4 heterocycles. The van der Waals surface area contributed by atoms with E-state index in [2.05, 4.69) is 16.0 Å². The highest BCUT2D eigenvalue weighted by Gasteiger charge is 2.45. The highest BCUT2D eigenvalue weighted by Crippen LogP contribution is 2.27. The molecule has 14 nitrogen and oxygen atoms in total. The standard InChI is InChI=1S/C40H50N6O8/c1-25-13-15-28(16-14-25)21-34(47)42-29(20-27-9-4-3-5-10-27)36(49)43-30-24-54-40(53)33-19-26(2)23-46(33)35(48)22-41-37(50)31-11-6-7-17-44(31)39(52)32-12-8-18-45(32)38(30)51/h3-5,9-10,13-16,26,29-33H,6-8,11-12,17-24H2,1-2H3,(H,41,50)(H,42,47)(H,43,49)/t26-,29+,30+,31+,32+,33+/m1/s1. The molecule has 54 heavy (non-hydrogen) atoms. The minimum Gasteiger partial charge on any atom is -0.461 e. The van der Waals surface area contributed by atoms with Crippen molar-refractivity contribution >= 4 is 41.4 Å². The number of hydrogen-bond acceptors (Lipinski definition) is 8. The molecule has 0 bridgehead atoms. The first-order valence-corrected chi connectivity index (χ1v) is 19.0. The number of benzene rings is 2. The molecule has 0 saturated carbocycles. The van der Waals surface area contributed by atoms with Crippen LogP contribution in [0.5, 0.6) is 0 Å². The number of carbonyl (C=O) groups is 7. The Morgan fingerprint density at radius 1 is 0.833 bits per heavy atom.